The van der Waals surface area contributed by atoms with Crippen LogP contribution in [-0.4, -0.2) is 21.8 Å². The maximum absolute atomic E-state index is 11.7. The highest BCUT2D eigenvalue weighted by Crippen LogP contribution is 2.11. The average Bonchev–Trinajstić information content (AvgIpc) is 2.23. The summed E-state index contributed by atoms with van der Waals surface area (Å²) < 4.78 is 0. The molecule has 0 saturated heterocycles. The second-order valence-corrected chi connectivity index (χ2v) is 2.99. The largest absolute Gasteiger partial charge is 0.393 e. The van der Waals surface area contributed by atoms with E-state index >= 15 is 0 Å². The molecule has 0 amide bonds. The first kappa shape index (κ1) is 8.93. The molecule has 1 aromatic rings. The second kappa shape index (κ2) is 3.61. The summed E-state index contributed by atoms with van der Waals surface area (Å²) in [4.78, 5) is 17.6. The number of aromatic nitrogens is 3. The minimum atomic E-state index is -0.229. The molecule has 5 heteroatoms. The zero-order valence-corrected chi connectivity index (χ0v) is 7.93. The van der Waals surface area contributed by atoms with Gasteiger partial charge in [-0.1, -0.05) is 12.2 Å². The number of allylic oxidation sites excluding steroid dienone is 1. The van der Waals surface area contributed by atoms with Gasteiger partial charge in [0.1, 0.15) is 6.61 Å². The Kier molecular flexibility index (Phi) is 2.30. The van der Waals surface area contributed by atoms with Gasteiger partial charge < -0.3 is 4.84 Å². The summed E-state index contributed by atoms with van der Waals surface area (Å²) in [5.74, 6) is 0. The van der Waals surface area contributed by atoms with Crippen LogP contribution in [0.2, 0.25) is 0 Å². The Bertz CT molecular complexity index is 423. The normalized spacial score (nSPS) is 13.8. The summed E-state index contributed by atoms with van der Waals surface area (Å²) in [7, 11) is 0. The SMILES string of the molecule is CCOn1nnc2c(c1=O)C=CCC2. The first-order valence-corrected chi connectivity index (χ1v) is 4.61. The van der Waals surface area contributed by atoms with E-state index in [1.54, 1.807) is 13.0 Å². The summed E-state index contributed by atoms with van der Waals surface area (Å²) >= 11 is 0. The Labute approximate surface area is 81.0 Å². The van der Waals surface area contributed by atoms with Gasteiger partial charge in [-0.25, -0.2) is 0 Å². The number of fused-ring (bicyclic) bond motifs is 1. The van der Waals surface area contributed by atoms with Crippen molar-refractivity contribution in [2.75, 3.05) is 6.61 Å². The van der Waals surface area contributed by atoms with Crippen LogP contribution in [0.15, 0.2) is 10.9 Å². The van der Waals surface area contributed by atoms with Crippen molar-refractivity contribution in [1.29, 1.82) is 0 Å². The van der Waals surface area contributed by atoms with E-state index in [1.807, 2.05) is 6.08 Å². The van der Waals surface area contributed by atoms with E-state index < -0.39 is 0 Å². The van der Waals surface area contributed by atoms with E-state index in [0.29, 0.717) is 12.2 Å². The van der Waals surface area contributed by atoms with Crippen LogP contribution in [-0.2, 0) is 6.42 Å². The molecule has 1 aliphatic rings. The van der Waals surface area contributed by atoms with Gasteiger partial charge in [0, 0.05) is 0 Å². The highest BCUT2D eigenvalue weighted by atomic mass is 16.7. The van der Waals surface area contributed by atoms with E-state index in [2.05, 4.69) is 10.3 Å². The molecule has 0 bridgehead atoms. The van der Waals surface area contributed by atoms with Crippen molar-refractivity contribution in [3.63, 3.8) is 0 Å². The topological polar surface area (TPSA) is 57.0 Å². The lowest BCUT2D eigenvalue weighted by Crippen LogP contribution is -2.33. The Morgan fingerprint density at radius 3 is 3.29 bits per heavy atom. The summed E-state index contributed by atoms with van der Waals surface area (Å²) in [6.07, 6.45) is 5.44. The van der Waals surface area contributed by atoms with Crippen LogP contribution < -0.4 is 10.4 Å². The molecule has 0 spiro atoms. The standard InChI is InChI=1S/C9H11N3O2/c1-2-14-12-9(13)7-5-3-4-6-8(7)10-11-12/h3,5H,2,4,6H2,1H3. The Morgan fingerprint density at radius 1 is 1.64 bits per heavy atom. The van der Waals surface area contributed by atoms with Gasteiger partial charge >= 0.3 is 5.56 Å². The molecule has 1 aliphatic carbocycles. The van der Waals surface area contributed by atoms with Crippen LogP contribution in [0.4, 0.5) is 0 Å². The minimum Gasteiger partial charge on any atom is -0.393 e. The van der Waals surface area contributed by atoms with Crippen molar-refractivity contribution in [3.05, 3.63) is 27.7 Å². The van der Waals surface area contributed by atoms with E-state index in [4.69, 9.17) is 4.84 Å². The lowest BCUT2D eigenvalue weighted by atomic mass is 10.1. The molecule has 0 N–H and O–H groups in total. The lowest BCUT2D eigenvalue weighted by Gasteiger charge is -2.09. The zero-order valence-electron chi connectivity index (χ0n) is 7.93. The van der Waals surface area contributed by atoms with Crippen molar-refractivity contribution in [2.24, 2.45) is 0 Å². The van der Waals surface area contributed by atoms with E-state index in [9.17, 15) is 4.79 Å². The van der Waals surface area contributed by atoms with Gasteiger partial charge in [-0.05, 0) is 29.8 Å². The fraction of sp³-hybridized carbons (Fsp3) is 0.444. The fourth-order valence-electron chi connectivity index (χ4n) is 1.40. The van der Waals surface area contributed by atoms with Crippen LogP contribution in [0.3, 0.4) is 0 Å². The maximum Gasteiger partial charge on any atom is 0.313 e. The summed E-state index contributed by atoms with van der Waals surface area (Å²) in [6, 6.07) is 0. The Hall–Kier alpha value is -1.65. The molecule has 74 valence electrons. The monoisotopic (exact) mass is 193 g/mol. The molecular formula is C9H11N3O2. The number of hydrogen-bond acceptors (Lipinski definition) is 4. The summed E-state index contributed by atoms with van der Waals surface area (Å²) in [5, 5.41) is 7.61. The van der Waals surface area contributed by atoms with Gasteiger partial charge in [0.25, 0.3) is 0 Å². The molecule has 1 heterocycles. The predicted molar refractivity (Wildman–Crippen MR) is 50.8 cm³/mol. The van der Waals surface area contributed by atoms with Crippen molar-refractivity contribution in [2.45, 2.75) is 19.8 Å². The summed E-state index contributed by atoms with van der Waals surface area (Å²) in [5.41, 5.74) is 1.13. The molecular weight excluding hydrogens is 182 g/mol. The molecule has 0 radical (unpaired) electrons. The van der Waals surface area contributed by atoms with Crippen LogP contribution in [0, 0.1) is 0 Å². The highest BCUT2D eigenvalue weighted by molar-refractivity contribution is 5.52. The first-order valence-electron chi connectivity index (χ1n) is 4.61. The van der Waals surface area contributed by atoms with Gasteiger partial charge in [-0.2, -0.15) is 0 Å². The highest BCUT2D eigenvalue weighted by Gasteiger charge is 2.13. The molecule has 0 atom stereocenters. The number of aryl methyl sites for hydroxylation is 1. The van der Waals surface area contributed by atoms with Crippen LogP contribution in [0.5, 0.6) is 0 Å². The number of nitrogens with zero attached hydrogens (tertiary/aromatic N) is 3. The average molecular weight is 193 g/mol. The van der Waals surface area contributed by atoms with E-state index in [1.165, 1.54) is 0 Å². The lowest BCUT2D eigenvalue weighted by molar-refractivity contribution is 0.0737. The third-order valence-electron chi connectivity index (χ3n) is 2.05. The predicted octanol–water partition coefficient (Wildman–Crippen LogP) is 0.0462. The first-order chi connectivity index (χ1) is 6.83. The molecule has 2 rings (SSSR count). The van der Waals surface area contributed by atoms with Gasteiger partial charge in [0.05, 0.1) is 11.3 Å². The molecule has 0 saturated carbocycles. The van der Waals surface area contributed by atoms with Gasteiger partial charge in [-0.15, -0.1) is 5.10 Å². The molecule has 5 nitrogen and oxygen atoms in total. The van der Waals surface area contributed by atoms with E-state index in [-0.39, 0.29) is 5.56 Å². The third-order valence-corrected chi connectivity index (χ3v) is 2.05. The summed E-state index contributed by atoms with van der Waals surface area (Å²) in [6.45, 7) is 2.19. The van der Waals surface area contributed by atoms with Gasteiger partial charge in [-0.3, -0.25) is 4.79 Å². The van der Waals surface area contributed by atoms with Crippen molar-refractivity contribution in [3.8, 4) is 0 Å². The van der Waals surface area contributed by atoms with Crippen LogP contribution >= 0.6 is 0 Å². The zero-order chi connectivity index (χ0) is 9.97. The molecule has 0 aromatic carbocycles. The number of hydrogen-bond donors (Lipinski definition) is 0. The van der Waals surface area contributed by atoms with Crippen LogP contribution in [0.25, 0.3) is 6.08 Å². The van der Waals surface area contributed by atoms with Crippen molar-refractivity contribution >= 4 is 6.08 Å². The molecule has 1 aromatic heterocycles. The molecule has 14 heavy (non-hydrogen) atoms. The Morgan fingerprint density at radius 2 is 2.50 bits per heavy atom. The Balaban J connectivity index is 2.51. The van der Waals surface area contributed by atoms with E-state index in [0.717, 1.165) is 23.4 Å². The minimum absolute atomic E-state index is 0.229. The van der Waals surface area contributed by atoms with Crippen LogP contribution in [0.1, 0.15) is 24.6 Å². The van der Waals surface area contributed by atoms with Gasteiger partial charge in [0.15, 0.2) is 0 Å². The maximum atomic E-state index is 11.7. The van der Waals surface area contributed by atoms with Gasteiger partial charge in [0.2, 0.25) is 0 Å². The molecule has 0 aliphatic heterocycles. The molecule has 0 unspecified atom stereocenters. The van der Waals surface area contributed by atoms with Crippen molar-refractivity contribution < 1.29 is 4.84 Å². The third kappa shape index (κ3) is 1.41. The fourth-order valence-corrected chi connectivity index (χ4v) is 1.40. The molecule has 0 fully saturated rings. The second-order valence-electron chi connectivity index (χ2n) is 2.99. The smallest absolute Gasteiger partial charge is 0.313 e. The van der Waals surface area contributed by atoms with Crippen molar-refractivity contribution in [1.82, 2.24) is 15.2 Å². The quantitative estimate of drug-likeness (QED) is 0.665. The number of rotatable bonds is 2.